The molecule has 108 valence electrons. The van der Waals surface area contributed by atoms with Crippen molar-refractivity contribution in [3.63, 3.8) is 0 Å². The predicted octanol–water partition coefficient (Wildman–Crippen LogP) is 5.29. The first-order chi connectivity index (χ1) is 8.66. The lowest BCUT2D eigenvalue weighted by Gasteiger charge is -2.26. The van der Waals surface area contributed by atoms with Crippen molar-refractivity contribution in [1.82, 2.24) is 0 Å². The molecule has 0 spiro atoms. The molecule has 2 heteroatoms. The molecule has 0 atom stereocenters. The van der Waals surface area contributed by atoms with Gasteiger partial charge in [-0.2, -0.15) is 0 Å². The van der Waals surface area contributed by atoms with E-state index in [2.05, 4.69) is 59.7 Å². The summed E-state index contributed by atoms with van der Waals surface area (Å²) in [4.78, 5) is 0. The molecule has 0 aromatic heterocycles. The lowest BCUT2D eigenvalue weighted by atomic mass is 9.81. The van der Waals surface area contributed by atoms with Crippen molar-refractivity contribution in [3.05, 3.63) is 29.3 Å². The van der Waals surface area contributed by atoms with Gasteiger partial charge in [0.1, 0.15) is 5.75 Å². The summed E-state index contributed by atoms with van der Waals surface area (Å²) in [5.41, 5.74) is 2.80. The van der Waals surface area contributed by atoms with Crippen LogP contribution >= 0.6 is 11.6 Å². The van der Waals surface area contributed by atoms with Crippen LogP contribution in [-0.4, -0.2) is 12.5 Å². The van der Waals surface area contributed by atoms with E-state index >= 15 is 0 Å². The van der Waals surface area contributed by atoms with Gasteiger partial charge in [-0.1, -0.05) is 53.7 Å². The molecule has 0 fully saturated rings. The molecule has 0 unspecified atom stereocenters. The second-order valence-corrected chi connectivity index (χ2v) is 7.48. The maximum absolute atomic E-state index is 5.96. The first-order valence-electron chi connectivity index (χ1n) is 7.00. The number of hydrogen-bond donors (Lipinski definition) is 0. The Morgan fingerprint density at radius 2 is 1.63 bits per heavy atom. The highest BCUT2D eigenvalue weighted by Gasteiger charge is 2.22. The van der Waals surface area contributed by atoms with Crippen LogP contribution in [0, 0.1) is 0 Å². The van der Waals surface area contributed by atoms with Crippen molar-refractivity contribution in [2.24, 2.45) is 0 Å². The number of halogens is 1. The van der Waals surface area contributed by atoms with Gasteiger partial charge < -0.3 is 4.74 Å². The predicted molar refractivity (Wildman–Crippen MR) is 84.7 cm³/mol. The van der Waals surface area contributed by atoms with Gasteiger partial charge in [0, 0.05) is 5.88 Å². The molecule has 0 amide bonds. The average molecular weight is 283 g/mol. The average Bonchev–Trinajstić information content (AvgIpc) is 2.26. The molecule has 0 saturated carbocycles. The van der Waals surface area contributed by atoms with Gasteiger partial charge in [0.15, 0.2) is 0 Å². The SMILES string of the molecule is CC(C)(C)c1ccc(C(C)(C)C)c(OCCCCl)c1. The Morgan fingerprint density at radius 1 is 1.00 bits per heavy atom. The lowest BCUT2D eigenvalue weighted by Crippen LogP contribution is -2.17. The van der Waals surface area contributed by atoms with Crippen molar-refractivity contribution in [2.75, 3.05) is 12.5 Å². The number of rotatable bonds is 4. The monoisotopic (exact) mass is 282 g/mol. The van der Waals surface area contributed by atoms with Gasteiger partial charge >= 0.3 is 0 Å². The molecular weight excluding hydrogens is 256 g/mol. The standard InChI is InChI=1S/C17H27ClO/c1-16(2,3)13-8-9-14(17(4,5)6)15(12-13)19-11-7-10-18/h8-9,12H,7,10-11H2,1-6H3. The maximum atomic E-state index is 5.96. The van der Waals surface area contributed by atoms with Crippen LogP contribution in [0.3, 0.4) is 0 Å². The fourth-order valence-corrected chi connectivity index (χ4v) is 2.07. The van der Waals surface area contributed by atoms with Crippen LogP contribution in [0.1, 0.15) is 59.1 Å². The Morgan fingerprint density at radius 3 is 2.11 bits per heavy atom. The van der Waals surface area contributed by atoms with Gasteiger partial charge in [-0.15, -0.1) is 11.6 Å². The molecule has 0 radical (unpaired) electrons. The van der Waals surface area contributed by atoms with E-state index in [9.17, 15) is 0 Å². The second kappa shape index (κ2) is 6.17. The zero-order valence-corrected chi connectivity index (χ0v) is 13.9. The summed E-state index contributed by atoms with van der Waals surface area (Å²) >= 11 is 5.72. The van der Waals surface area contributed by atoms with Crippen LogP contribution in [0.15, 0.2) is 18.2 Å². The summed E-state index contributed by atoms with van der Waals surface area (Å²) in [5, 5.41) is 0. The topological polar surface area (TPSA) is 9.23 Å². The highest BCUT2D eigenvalue weighted by Crippen LogP contribution is 2.35. The molecule has 0 aliphatic carbocycles. The molecule has 0 N–H and O–H groups in total. The third kappa shape index (κ3) is 4.72. The van der Waals surface area contributed by atoms with Gasteiger partial charge in [0.25, 0.3) is 0 Å². The zero-order valence-electron chi connectivity index (χ0n) is 13.1. The molecule has 1 nitrogen and oxygen atoms in total. The first-order valence-corrected chi connectivity index (χ1v) is 7.53. The van der Waals surface area contributed by atoms with Gasteiger partial charge in [-0.25, -0.2) is 0 Å². The fourth-order valence-electron chi connectivity index (χ4n) is 1.96. The number of alkyl halides is 1. The zero-order chi connectivity index (χ0) is 14.7. The summed E-state index contributed by atoms with van der Waals surface area (Å²) in [6.45, 7) is 14.0. The molecule has 19 heavy (non-hydrogen) atoms. The smallest absolute Gasteiger partial charge is 0.123 e. The summed E-state index contributed by atoms with van der Waals surface area (Å²) in [5.74, 6) is 1.65. The van der Waals surface area contributed by atoms with E-state index < -0.39 is 0 Å². The van der Waals surface area contributed by atoms with Crippen molar-refractivity contribution in [2.45, 2.75) is 58.8 Å². The first kappa shape index (κ1) is 16.4. The number of hydrogen-bond acceptors (Lipinski definition) is 1. The van der Waals surface area contributed by atoms with E-state index in [1.807, 2.05) is 0 Å². The van der Waals surface area contributed by atoms with Crippen molar-refractivity contribution >= 4 is 11.6 Å². The van der Waals surface area contributed by atoms with E-state index in [4.69, 9.17) is 16.3 Å². The normalized spacial score (nSPS) is 12.6. The van der Waals surface area contributed by atoms with Crippen molar-refractivity contribution in [3.8, 4) is 5.75 Å². The van der Waals surface area contributed by atoms with Gasteiger partial charge in [0.05, 0.1) is 6.61 Å². The summed E-state index contributed by atoms with van der Waals surface area (Å²) in [6, 6.07) is 6.61. The highest BCUT2D eigenvalue weighted by atomic mass is 35.5. The van der Waals surface area contributed by atoms with E-state index in [1.165, 1.54) is 11.1 Å². The van der Waals surface area contributed by atoms with Crippen LogP contribution in [0.25, 0.3) is 0 Å². The Balaban J connectivity index is 3.12. The third-order valence-electron chi connectivity index (χ3n) is 3.19. The Labute approximate surface area is 123 Å². The summed E-state index contributed by atoms with van der Waals surface area (Å²) < 4.78 is 5.96. The molecule has 0 aliphatic rings. The summed E-state index contributed by atoms with van der Waals surface area (Å²) in [7, 11) is 0. The second-order valence-electron chi connectivity index (χ2n) is 7.10. The minimum atomic E-state index is 0.0900. The van der Waals surface area contributed by atoms with Crippen molar-refractivity contribution in [1.29, 1.82) is 0 Å². The Bertz CT molecular complexity index is 410. The molecule has 1 aromatic carbocycles. The molecule has 0 aliphatic heterocycles. The number of ether oxygens (including phenoxy) is 1. The lowest BCUT2D eigenvalue weighted by molar-refractivity contribution is 0.308. The number of benzene rings is 1. The van der Waals surface area contributed by atoms with Crippen LogP contribution < -0.4 is 4.74 Å². The van der Waals surface area contributed by atoms with Crippen LogP contribution in [0.5, 0.6) is 5.75 Å². The Kier molecular flexibility index (Phi) is 5.32. The molecule has 0 bridgehead atoms. The minimum absolute atomic E-state index is 0.0900. The van der Waals surface area contributed by atoms with Gasteiger partial charge in [-0.05, 0) is 34.4 Å². The van der Waals surface area contributed by atoms with E-state index in [-0.39, 0.29) is 10.8 Å². The molecular formula is C17H27ClO. The molecule has 1 rings (SSSR count). The maximum Gasteiger partial charge on any atom is 0.123 e. The molecule has 1 aromatic rings. The van der Waals surface area contributed by atoms with Gasteiger partial charge in [0.2, 0.25) is 0 Å². The van der Waals surface area contributed by atoms with E-state index in [0.717, 1.165) is 12.2 Å². The van der Waals surface area contributed by atoms with Crippen LogP contribution in [0.4, 0.5) is 0 Å². The highest BCUT2D eigenvalue weighted by molar-refractivity contribution is 6.17. The third-order valence-corrected chi connectivity index (χ3v) is 3.46. The van der Waals surface area contributed by atoms with Crippen LogP contribution in [0.2, 0.25) is 0 Å². The van der Waals surface area contributed by atoms with Crippen molar-refractivity contribution < 1.29 is 4.74 Å². The Hall–Kier alpha value is -0.690. The molecule has 0 heterocycles. The fraction of sp³-hybridized carbons (Fsp3) is 0.647. The molecule has 0 saturated heterocycles. The summed E-state index contributed by atoms with van der Waals surface area (Å²) in [6.07, 6.45) is 0.880. The van der Waals surface area contributed by atoms with Crippen LogP contribution in [-0.2, 0) is 10.8 Å². The van der Waals surface area contributed by atoms with E-state index in [0.29, 0.717) is 12.5 Å². The quantitative estimate of drug-likeness (QED) is 0.539. The van der Waals surface area contributed by atoms with Gasteiger partial charge in [-0.3, -0.25) is 0 Å². The largest absolute Gasteiger partial charge is 0.493 e. The van der Waals surface area contributed by atoms with E-state index in [1.54, 1.807) is 0 Å². The minimum Gasteiger partial charge on any atom is -0.493 e.